The number of nitrogens with zero attached hydrogens (tertiary/aromatic N) is 2. The van der Waals surface area contributed by atoms with Crippen molar-refractivity contribution < 1.29 is 4.42 Å². The standard InChI is InChI=1S/C17H25N3O/c1-14(2)10-19-11-16-6-9-21-17(16)13-20(3)12-15-4-7-18-8-5-15/h4-9,14,19H,10-13H2,1-3H3. The maximum absolute atomic E-state index is 5.64. The summed E-state index contributed by atoms with van der Waals surface area (Å²) in [5, 5.41) is 3.46. The number of furan rings is 1. The number of rotatable bonds is 8. The van der Waals surface area contributed by atoms with E-state index in [1.807, 2.05) is 24.5 Å². The molecule has 0 spiro atoms. The third-order valence-electron chi connectivity index (χ3n) is 3.32. The molecule has 21 heavy (non-hydrogen) atoms. The minimum atomic E-state index is 0.662. The fourth-order valence-corrected chi connectivity index (χ4v) is 2.26. The zero-order valence-electron chi connectivity index (χ0n) is 13.2. The maximum Gasteiger partial charge on any atom is 0.122 e. The quantitative estimate of drug-likeness (QED) is 0.810. The van der Waals surface area contributed by atoms with Gasteiger partial charge in [-0.25, -0.2) is 0 Å². The van der Waals surface area contributed by atoms with E-state index < -0.39 is 0 Å². The first kappa shape index (κ1) is 15.7. The fraction of sp³-hybridized carbons (Fsp3) is 0.471. The van der Waals surface area contributed by atoms with Gasteiger partial charge in [0, 0.05) is 31.0 Å². The summed E-state index contributed by atoms with van der Waals surface area (Å²) >= 11 is 0. The Kier molecular flexibility index (Phi) is 5.96. The van der Waals surface area contributed by atoms with Gasteiger partial charge in [0.2, 0.25) is 0 Å². The van der Waals surface area contributed by atoms with Crippen molar-refractivity contribution in [2.45, 2.75) is 33.5 Å². The van der Waals surface area contributed by atoms with Crippen LogP contribution in [0.15, 0.2) is 41.3 Å². The van der Waals surface area contributed by atoms with E-state index in [1.54, 1.807) is 6.26 Å². The number of nitrogens with one attached hydrogen (secondary N) is 1. The molecule has 0 radical (unpaired) electrons. The first-order valence-electron chi connectivity index (χ1n) is 7.48. The van der Waals surface area contributed by atoms with Crippen molar-refractivity contribution in [2.75, 3.05) is 13.6 Å². The molecule has 0 saturated heterocycles. The highest BCUT2D eigenvalue weighted by molar-refractivity contribution is 5.17. The van der Waals surface area contributed by atoms with Gasteiger partial charge in [-0.2, -0.15) is 0 Å². The second-order valence-corrected chi connectivity index (χ2v) is 5.92. The highest BCUT2D eigenvalue weighted by atomic mass is 16.3. The Balaban J connectivity index is 1.86. The minimum Gasteiger partial charge on any atom is -0.468 e. The fourth-order valence-electron chi connectivity index (χ4n) is 2.26. The number of aromatic nitrogens is 1. The highest BCUT2D eigenvalue weighted by Gasteiger charge is 2.09. The molecule has 114 valence electrons. The molecule has 0 saturated carbocycles. The van der Waals surface area contributed by atoms with E-state index in [0.717, 1.165) is 31.9 Å². The Labute approximate surface area is 127 Å². The summed E-state index contributed by atoms with van der Waals surface area (Å²) in [5.41, 5.74) is 2.51. The Morgan fingerprint density at radius 1 is 1.19 bits per heavy atom. The second kappa shape index (κ2) is 7.96. The van der Waals surface area contributed by atoms with Crippen LogP contribution in [0, 0.1) is 5.92 Å². The molecule has 2 rings (SSSR count). The van der Waals surface area contributed by atoms with Crippen LogP contribution in [0.4, 0.5) is 0 Å². The van der Waals surface area contributed by atoms with Crippen molar-refractivity contribution in [3.05, 3.63) is 53.7 Å². The van der Waals surface area contributed by atoms with Crippen molar-refractivity contribution in [3.63, 3.8) is 0 Å². The number of pyridine rings is 1. The normalized spacial score (nSPS) is 11.5. The predicted octanol–water partition coefficient (Wildman–Crippen LogP) is 3.05. The third-order valence-corrected chi connectivity index (χ3v) is 3.32. The van der Waals surface area contributed by atoms with Gasteiger partial charge in [0.05, 0.1) is 12.8 Å². The Hall–Kier alpha value is -1.65. The van der Waals surface area contributed by atoms with Gasteiger partial charge in [-0.15, -0.1) is 0 Å². The van der Waals surface area contributed by atoms with Crippen LogP contribution < -0.4 is 5.32 Å². The molecule has 0 aliphatic heterocycles. The van der Waals surface area contributed by atoms with Gasteiger partial charge in [-0.3, -0.25) is 9.88 Å². The van der Waals surface area contributed by atoms with Crippen LogP contribution in [0.3, 0.4) is 0 Å². The molecule has 0 bridgehead atoms. The molecule has 0 amide bonds. The maximum atomic E-state index is 5.64. The van der Waals surface area contributed by atoms with Crippen molar-refractivity contribution in [2.24, 2.45) is 5.92 Å². The smallest absolute Gasteiger partial charge is 0.122 e. The SMILES string of the molecule is CC(C)CNCc1ccoc1CN(C)Cc1ccncc1. The number of hydrogen-bond donors (Lipinski definition) is 1. The second-order valence-electron chi connectivity index (χ2n) is 5.92. The van der Waals surface area contributed by atoms with Crippen molar-refractivity contribution in [3.8, 4) is 0 Å². The summed E-state index contributed by atoms with van der Waals surface area (Å²) in [7, 11) is 2.11. The highest BCUT2D eigenvalue weighted by Crippen LogP contribution is 2.14. The Morgan fingerprint density at radius 3 is 2.67 bits per heavy atom. The van der Waals surface area contributed by atoms with E-state index in [0.29, 0.717) is 5.92 Å². The lowest BCUT2D eigenvalue weighted by atomic mass is 10.2. The number of hydrogen-bond acceptors (Lipinski definition) is 4. The minimum absolute atomic E-state index is 0.662. The van der Waals surface area contributed by atoms with Crippen LogP contribution in [0.5, 0.6) is 0 Å². The first-order valence-corrected chi connectivity index (χ1v) is 7.48. The summed E-state index contributed by atoms with van der Waals surface area (Å²) < 4.78 is 5.64. The van der Waals surface area contributed by atoms with E-state index in [2.05, 4.69) is 42.2 Å². The van der Waals surface area contributed by atoms with E-state index in [4.69, 9.17) is 4.42 Å². The van der Waals surface area contributed by atoms with Gasteiger partial charge in [0.25, 0.3) is 0 Å². The van der Waals surface area contributed by atoms with Crippen LogP contribution in [-0.4, -0.2) is 23.5 Å². The molecular weight excluding hydrogens is 262 g/mol. The first-order chi connectivity index (χ1) is 10.1. The van der Waals surface area contributed by atoms with E-state index in [1.165, 1.54) is 11.1 Å². The Bertz CT molecular complexity index is 522. The average Bonchev–Trinajstić information content (AvgIpc) is 2.87. The molecule has 0 fully saturated rings. The largest absolute Gasteiger partial charge is 0.468 e. The molecule has 0 aliphatic carbocycles. The summed E-state index contributed by atoms with van der Waals surface area (Å²) in [6.45, 7) is 8.03. The lowest BCUT2D eigenvalue weighted by molar-refractivity contribution is 0.285. The molecule has 0 atom stereocenters. The van der Waals surface area contributed by atoms with Gasteiger partial charge in [-0.1, -0.05) is 13.8 Å². The Morgan fingerprint density at radius 2 is 1.95 bits per heavy atom. The molecule has 1 N–H and O–H groups in total. The monoisotopic (exact) mass is 287 g/mol. The van der Waals surface area contributed by atoms with Gasteiger partial charge >= 0.3 is 0 Å². The third kappa shape index (κ3) is 5.33. The van der Waals surface area contributed by atoms with Gasteiger partial charge in [0.15, 0.2) is 0 Å². The molecule has 2 heterocycles. The topological polar surface area (TPSA) is 41.3 Å². The van der Waals surface area contributed by atoms with E-state index in [9.17, 15) is 0 Å². The summed E-state index contributed by atoms with van der Waals surface area (Å²) in [5.74, 6) is 1.71. The van der Waals surface area contributed by atoms with Crippen molar-refractivity contribution in [1.29, 1.82) is 0 Å². The predicted molar refractivity (Wildman–Crippen MR) is 84.7 cm³/mol. The molecule has 2 aromatic rings. The van der Waals surface area contributed by atoms with E-state index in [-0.39, 0.29) is 0 Å². The lowest BCUT2D eigenvalue weighted by Gasteiger charge is -2.16. The summed E-state index contributed by atoms with van der Waals surface area (Å²) in [6, 6.07) is 6.15. The average molecular weight is 287 g/mol. The summed E-state index contributed by atoms with van der Waals surface area (Å²) in [4.78, 5) is 6.30. The molecular formula is C17H25N3O. The molecule has 4 nitrogen and oxygen atoms in total. The van der Waals surface area contributed by atoms with E-state index >= 15 is 0 Å². The van der Waals surface area contributed by atoms with Gasteiger partial charge in [-0.05, 0) is 43.3 Å². The molecule has 0 aromatic carbocycles. The van der Waals surface area contributed by atoms with Crippen LogP contribution >= 0.6 is 0 Å². The van der Waals surface area contributed by atoms with Gasteiger partial charge in [0.1, 0.15) is 5.76 Å². The zero-order chi connectivity index (χ0) is 15.1. The van der Waals surface area contributed by atoms with Crippen LogP contribution in [0.2, 0.25) is 0 Å². The molecule has 0 aliphatic rings. The van der Waals surface area contributed by atoms with Crippen molar-refractivity contribution in [1.82, 2.24) is 15.2 Å². The van der Waals surface area contributed by atoms with Crippen LogP contribution in [0.25, 0.3) is 0 Å². The van der Waals surface area contributed by atoms with Crippen LogP contribution in [-0.2, 0) is 19.6 Å². The lowest BCUT2D eigenvalue weighted by Crippen LogP contribution is -2.21. The van der Waals surface area contributed by atoms with Gasteiger partial charge < -0.3 is 9.73 Å². The van der Waals surface area contributed by atoms with Crippen LogP contribution in [0.1, 0.15) is 30.7 Å². The zero-order valence-corrected chi connectivity index (χ0v) is 13.2. The summed E-state index contributed by atoms with van der Waals surface area (Å²) in [6.07, 6.45) is 5.44. The molecule has 2 aromatic heterocycles. The van der Waals surface area contributed by atoms with Crippen molar-refractivity contribution >= 4 is 0 Å². The molecule has 4 heteroatoms. The molecule has 0 unspecified atom stereocenters.